The van der Waals surface area contributed by atoms with Gasteiger partial charge in [0.2, 0.25) is 0 Å². The van der Waals surface area contributed by atoms with Crippen LogP contribution in [0.4, 0.5) is 0 Å². The van der Waals surface area contributed by atoms with E-state index in [1.807, 2.05) is 30.1 Å². The van der Waals surface area contributed by atoms with E-state index >= 15 is 0 Å². The van der Waals surface area contributed by atoms with Gasteiger partial charge in [-0.05, 0) is 51.8 Å². The highest BCUT2D eigenvalue weighted by Crippen LogP contribution is 2.39. The quantitative estimate of drug-likeness (QED) is 0.785. The molecule has 0 aliphatic carbocycles. The molecule has 2 aliphatic rings. The van der Waals surface area contributed by atoms with Crippen LogP contribution in [-0.4, -0.2) is 52.5 Å². The molecule has 1 aromatic rings. The largest absolute Gasteiger partial charge is 0.356 e. The Balaban J connectivity index is 1.82. The van der Waals surface area contributed by atoms with Gasteiger partial charge in [-0.3, -0.25) is 4.79 Å². The van der Waals surface area contributed by atoms with Gasteiger partial charge < -0.3 is 14.4 Å². The minimum Gasteiger partial charge on any atom is -0.356 e. The predicted molar refractivity (Wildman–Crippen MR) is 79.8 cm³/mol. The zero-order chi connectivity index (χ0) is 14.2. The molecule has 0 saturated carbocycles. The maximum atomic E-state index is 12.8. The highest BCUT2D eigenvalue weighted by Gasteiger charge is 2.44. The van der Waals surface area contributed by atoms with Gasteiger partial charge in [-0.15, -0.1) is 0 Å². The third kappa shape index (κ3) is 2.37. The molecule has 110 valence electrons. The SMILES string of the molecule is CN1CCC[C@]2(CCCN2C(=O)c2ccn(C)c2)CC1. The first-order valence-corrected chi connectivity index (χ1v) is 7.73. The molecular formula is C16H25N3O. The van der Waals surface area contributed by atoms with Gasteiger partial charge in [-0.25, -0.2) is 0 Å². The predicted octanol–water partition coefficient (Wildman–Crippen LogP) is 2.12. The average molecular weight is 275 g/mol. The molecule has 0 bridgehead atoms. The van der Waals surface area contributed by atoms with E-state index in [2.05, 4.69) is 16.8 Å². The maximum absolute atomic E-state index is 12.8. The lowest BCUT2D eigenvalue weighted by Gasteiger charge is -2.38. The van der Waals surface area contributed by atoms with E-state index in [-0.39, 0.29) is 11.4 Å². The number of nitrogens with zero attached hydrogens (tertiary/aromatic N) is 3. The maximum Gasteiger partial charge on any atom is 0.255 e. The number of amides is 1. The average Bonchev–Trinajstić information content (AvgIpc) is 2.98. The molecule has 2 fully saturated rings. The number of rotatable bonds is 1. The van der Waals surface area contributed by atoms with Crippen LogP contribution < -0.4 is 0 Å². The Hall–Kier alpha value is -1.29. The fourth-order valence-electron chi connectivity index (χ4n) is 3.87. The Labute approximate surface area is 121 Å². The summed E-state index contributed by atoms with van der Waals surface area (Å²) < 4.78 is 1.96. The van der Waals surface area contributed by atoms with Crippen molar-refractivity contribution in [1.82, 2.24) is 14.4 Å². The number of hydrogen-bond acceptors (Lipinski definition) is 2. The van der Waals surface area contributed by atoms with Gasteiger partial charge in [-0.1, -0.05) is 0 Å². The summed E-state index contributed by atoms with van der Waals surface area (Å²) in [5.74, 6) is 0.229. The molecule has 0 unspecified atom stereocenters. The number of likely N-dealkylation sites (tertiary alicyclic amines) is 2. The topological polar surface area (TPSA) is 28.5 Å². The molecule has 1 spiro atoms. The molecule has 4 nitrogen and oxygen atoms in total. The van der Waals surface area contributed by atoms with E-state index in [0.29, 0.717) is 0 Å². The molecule has 1 aromatic heterocycles. The molecule has 1 amide bonds. The third-order valence-electron chi connectivity index (χ3n) is 5.06. The van der Waals surface area contributed by atoms with Gasteiger partial charge in [0.05, 0.1) is 5.56 Å². The van der Waals surface area contributed by atoms with Crippen molar-refractivity contribution in [3.63, 3.8) is 0 Å². The van der Waals surface area contributed by atoms with Crippen molar-refractivity contribution in [2.24, 2.45) is 7.05 Å². The van der Waals surface area contributed by atoms with E-state index in [4.69, 9.17) is 0 Å². The lowest BCUT2D eigenvalue weighted by Crippen LogP contribution is -2.47. The van der Waals surface area contributed by atoms with Crippen LogP contribution in [0.5, 0.6) is 0 Å². The van der Waals surface area contributed by atoms with Gasteiger partial charge >= 0.3 is 0 Å². The number of carbonyl (C=O) groups excluding carboxylic acids is 1. The van der Waals surface area contributed by atoms with E-state index in [1.165, 1.54) is 12.8 Å². The molecule has 0 N–H and O–H groups in total. The summed E-state index contributed by atoms with van der Waals surface area (Å²) in [5, 5.41) is 0. The van der Waals surface area contributed by atoms with Crippen LogP contribution >= 0.6 is 0 Å². The minimum absolute atomic E-state index is 0.123. The molecule has 1 atom stereocenters. The number of aryl methyl sites for hydroxylation is 1. The van der Waals surface area contributed by atoms with Crippen LogP contribution in [0, 0.1) is 0 Å². The molecule has 0 aromatic carbocycles. The van der Waals surface area contributed by atoms with E-state index in [0.717, 1.165) is 44.5 Å². The summed E-state index contributed by atoms with van der Waals surface area (Å²) in [5.41, 5.74) is 0.962. The Bertz CT molecular complexity index is 496. The minimum atomic E-state index is 0.123. The van der Waals surface area contributed by atoms with Crippen molar-refractivity contribution < 1.29 is 4.79 Å². The molecule has 2 aliphatic heterocycles. The second-order valence-electron chi connectivity index (χ2n) is 6.51. The summed E-state index contributed by atoms with van der Waals surface area (Å²) in [7, 11) is 4.16. The molecule has 4 heteroatoms. The van der Waals surface area contributed by atoms with E-state index in [1.54, 1.807) is 0 Å². The summed E-state index contributed by atoms with van der Waals surface area (Å²) in [6.07, 6.45) is 9.72. The zero-order valence-corrected chi connectivity index (χ0v) is 12.6. The van der Waals surface area contributed by atoms with Crippen molar-refractivity contribution in [1.29, 1.82) is 0 Å². The molecule has 0 radical (unpaired) electrons. The smallest absolute Gasteiger partial charge is 0.255 e. The van der Waals surface area contributed by atoms with Gasteiger partial charge in [0.15, 0.2) is 0 Å². The second kappa shape index (κ2) is 5.24. The highest BCUT2D eigenvalue weighted by molar-refractivity contribution is 5.94. The van der Waals surface area contributed by atoms with Gasteiger partial charge in [0.1, 0.15) is 0 Å². The zero-order valence-electron chi connectivity index (χ0n) is 12.6. The van der Waals surface area contributed by atoms with Gasteiger partial charge in [-0.2, -0.15) is 0 Å². The Morgan fingerprint density at radius 3 is 2.55 bits per heavy atom. The highest BCUT2D eigenvalue weighted by atomic mass is 16.2. The molecule has 20 heavy (non-hydrogen) atoms. The van der Waals surface area contributed by atoms with Crippen molar-refractivity contribution >= 4 is 5.91 Å². The summed E-state index contributed by atoms with van der Waals surface area (Å²) >= 11 is 0. The van der Waals surface area contributed by atoms with Gasteiger partial charge in [0, 0.05) is 38.1 Å². The third-order valence-corrected chi connectivity index (χ3v) is 5.06. The Morgan fingerprint density at radius 2 is 1.85 bits per heavy atom. The van der Waals surface area contributed by atoms with Crippen LogP contribution in [0.25, 0.3) is 0 Å². The molecule has 3 rings (SSSR count). The van der Waals surface area contributed by atoms with Crippen molar-refractivity contribution in [2.75, 3.05) is 26.7 Å². The summed E-state index contributed by atoms with van der Waals surface area (Å²) in [4.78, 5) is 17.4. The molecule has 2 saturated heterocycles. The molecule has 3 heterocycles. The standard InChI is InChI=1S/C16H25N3O/c1-17-9-3-6-16(8-12-17)7-4-10-19(16)15(20)14-5-11-18(2)13-14/h5,11,13H,3-4,6-10,12H2,1-2H3/t16-/m0/s1. The normalized spacial score (nSPS) is 28.0. The first-order chi connectivity index (χ1) is 9.61. The first-order valence-electron chi connectivity index (χ1n) is 7.73. The lowest BCUT2D eigenvalue weighted by molar-refractivity contribution is 0.0560. The number of hydrogen-bond donors (Lipinski definition) is 0. The monoisotopic (exact) mass is 275 g/mol. The Kier molecular flexibility index (Phi) is 3.59. The van der Waals surface area contributed by atoms with Crippen molar-refractivity contribution in [3.05, 3.63) is 24.0 Å². The van der Waals surface area contributed by atoms with Crippen molar-refractivity contribution in [2.45, 2.75) is 37.6 Å². The van der Waals surface area contributed by atoms with Crippen LogP contribution in [-0.2, 0) is 7.05 Å². The van der Waals surface area contributed by atoms with E-state index < -0.39 is 0 Å². The Morgan fingerprint density at radius 1 is 1.10 bits per heavy atom. The van der Waals surface area contributed by atoms with Crippen LogP contribution in [0.15, 0.2) is 18.5 Å². The molecular weight excluding hydrogens is 250 g/mol. The fourth-order valence-corrected chi connectivity index (χ4v) is 3.87. The first kappa shape index (κ1) is 13.7. The van der Waals surface area contributed by atoms with Crippen molar-refractivity contribution in [3.8, 4) is 0 Å². The van der Waals surface area contributed by atoms with Crippen LogP contribution in [0.2, 0.25) is 0 Å². The van der Waals surface area contributed by atoms with Crippen LogP contribution in [0.1, 0.15) is 42.5 Å². The van der Waals surface area contributed by atoms with Crippen LogP contribution in [0.3, 0.4) is 0 Å². The summed E-state index contributed by atoms with van der Waals surface area (Å²) in [6, 6.07) is 1.94. The van der Waals surface area contributed by atoms with Gasteiger partial charge in [0.25, 0.3) is 5.91 Å². The lowest BCUT2D eigenvalue weighted by atomic mass is 9.87. The second-order valence-corrected chi connectivity index (χ2v) is 6.51. The number of carbonyl (C=O) groups is 1. The summed E-state index contributed by atoms with van der Waals surface area (Å²) in [6.45, 7) is 3.20. The number of aromatic nitrogens is 1. The fraction of sp³-hybridized carbons (Fsp3) is 0.688. The van der Waals surface area contributed by atoms with E-state index in [9.17, 15) is 4.79 Å².